The third-order valence-electron chi connectivity index (χ3n) is 3.83. The van der Waals surface area contributed by atoms with E-state index < -0.39 is 0 Å². The standard InChI is InChI=1S/C13H26N2S/c1-5-9-16-10-8-15-7-6-13(14-4)11(2)12(15)3/h5,11-14H,1,6-10H2,2-4H3. The molecule has 3 unspecified atom stereocenters. The lowest BCUT2D eigenvalue weighted by atomic mass is 9.87. The lowest BCUT2D eigenvalue weighted by Crippen LogP contribution is -2.53. The second-order valence-corrected chi connectivity index (χ2v) is 5.83. The van der Waals surface area contributed by atoms with Crippen LogP contribution in [0.1, 0.15) is 20.3 Å². The molecular formula is C13H26N2S. The second kappa shape index (κ2) is 7.36. The van der Waals surface area contributed by atoms with Gasteiger partial charge in [-0.2, -0.15) is 11.8 Å². The summed E-state index contributed by atoms with van der Waals surface area (Å²) in [5.41, 5.74) is 0. The molecule has 3 atom stereocenters. The Morgan fingerprint density at radius 2 is 2.25 bits per heavy atom. The summed E-state index contributed by atoms with van der Waals surface area (Å²) < 4.78 is 0. The first kappa shape index (κ1) is 14.1. The molecule has 1 aliphatic heterocycles. The van der Waals surface area contributed by atoms with Crippen LogP contribution >= 0.6 is 11.8 Å². The number of piperidine rings is 1. The molecule has 1 rings (SSSR count). The molecular weight excluding hydrogens is 216 g/mol. The fourth-order valence-corrected chi connectivity index (χ4v) is 3.21. The number of hydrogen-bond acceptors (Lipinski definition) is 3. The van der Waals surface area contributed by atoms with Gasteiger partial charge in [0.05, 0.1) is 0 Å². The maximum Gasteiger partial charge on any atom is 0.0117 e. The van der Waals surface area contributed by atoms with Gasteiger partial charge >= 0.3 is 0 Å². The maximum absolute atomic E-state index is 3.75. The van der Waals surface area contributed by atoms with Crippen LogP contribution in [0.5, 0.6) is 0 Å². The van der Waals surface area contributed by atoms with Gasteiger partial charge in [0.2, 0.25) is 0 Å². The summed E-state index contributed by atoms with van der Waals surface area (Å²) in [6.45, 7) is 11.0. The van der Waals surface area contributed by atoms with Gasteiger partial charge in [0, 0.05) is 30.1 Å². The predicted molar refractivity (Wildman–Crippen MR) is 75.2 cm³/mol. The Labute approximate surface area is 105 Å². The highest BCUT2D eigenvalue weighted by Crippen LogP contribution is 2.23. The fourth-order valence-electron chi connectivity index (χ4n) is 2.51. The van der Waals surface area contributed by atoms with E-state index in [9.17, 15) is 0 Å². The molecule has 0 amide bonds. The number of nitrogens with zero attached hydrogens (tertiary/aromatic N) is 1. The molecule has 0 radical (unpaired) electrons. The van der Waals surface area contributed by atoms with Crippen molar-refractivity contribution in [2.45, 2.75) is 32.4 Å². The average Bonchev–Trinajstić information content (AvgIpc) is 2.30. The first-order chi connectivity index (χ1) is 7.70. The monoisotopic (exact) mass is 242 g/mol. The van der Waals surface area contributed by atoms with Crippen LogP contribution in [0.2, 0.25) is 0 Å². The van der Waals surface area contributed by atoms with Crippen molar-refractivity contribution in [3.8, 4) is 0 Å². The van der Waals surface area contributed by atoms with Gasteiger partial charge in [0.25, 0.3) is 0 Å². The summed E-state index contributed by atoms with van der Waals surface area (Å²) in [5.74, 6) is 3.06. The number of likely N-dealkylation sites (tertiary alicyclic amines) is 1. The van der Waals surface area contributed by atoms with E-state index in [1.54, 1.807) is 0 Å². The van der Waals surface area contributed by atoms with Crippen molar-refractivity contribution in [3.63, 3.8) is 0 Å². The molecule has 0 aliphatic carbocycles. The van der Waals surface area contributed by atoms with Gasteiger partial charge in [-0.3, -0.25) is 4.90 Å². The number of nitrogens with one attached hydrogen (secondary N) is 1. The van der Waals surface area contributed by atoms with Crippen molar-refractivity contribution in [1.82, 2.24) is 10.2 Å². The Hall–Kier alpha value is 0.01000. The van der Waals surface area contributed by atoms with Crippen LogP contribution in [0.15, 0.2) is 12.7 Å². The third-order valence-corrected chi connectivity index (χ3v) is 4.77. The van der Waals surface area contributed by atoms with E-state index in [0.717, 1.165) is 11.7 Å². The van der Waals surface area contributed by atoms with E-state index in [4.69, 9.17) is 0 Å². The maximum atomic E-state index is 3.75. The van der Waals surface area contributed by atoms with Crippen molar-refractivity contribution in [3.05, 3.63) is 12.7 Å². The van der Waals surface area contributed by atoms with Crippen LogP contribution in [0.4, 0.5) is 0 Å². The van der Waals surface area contributed by atoms with E-state index in [-0.39, 0.29) is 0 Å². The zero-order chi connectivity index (χ0) is 12.0. The Balaban J connectivity index is 2.30. The van der Waals surface area contributed by atoms with Crippen molar-refractivity contribution in [2.24, 2.45) is 5.92 Å². The van der Waals surface area contributed by atoms with Crippen molar-refractivity contribution < 1.29 is 0 Å². The Kier molecular flexibility index (Phi) is 6.47. The Morgan fingerprint density at radius 1 is 1.50 bits per heavy atom. The lowest BCUT2D eigenvalue weighted by molar-refractivity contribution is 0.0942. The SMILES string of the molecule is C=CCSCCN1CCC(NC)C(C)C1C. The molecule has 1 saturated heterocycles. The molecule has 2 nitrogen and oxygen atoms in total. The molecule has 0 aromatic carbocycles. The summed E-state index contributed by atoms with van der Waals surface area (Å²) in [7, 11) is 2.09. The summed E-state index contributed by atoms with van der Waals surface area (Å²) >= 11 is 1.98. The van der Waals surface area contributed by atoms with Crippen LogP contribution in [0.3, 0.4) is 0 Å². The van der Waals surface area contributed by atoms with Gasteiger partial charge in [0.15, 0.2) is 0 Å². The molecule has 1 N–H and O–H groups in total. The molecule has 0 aromatic rings. The minimum Gasteiger partial charge on any atom is -0.317 e. The van der Waals surface area contributed by atoms with E-state index in [2.05, 4.69) is 37.7 Å². The molecule has 94 valence electrons. The van der Waals surface area contributed by atoms with E-state index in [0.29, 0.717) is 12.1 Å². The topological polar surface area (TPSA) is 15.3 Å². The van der Waals surface area contributed by atoms with Gasteiger partial charge in [-0.05, 0) is 32.9 Å². The summed E-state index contributed by atoms with van der Waals surface area (Å²) in [6.07, 6.45) is 3.28. The predicted octanol–water partition coefficient (Wildman–Crippen LogP) is 2.22. The van der Waals surface area contributed by atoms with Gasteiger partial charge in [-0.1, -0.05) is 13.0 Å². The Bertz CT molecular complexity index is 208. The van der Waals surface area contributed by atoms with E-state index in [1.165, 1.54) is 25.3 Å². The molecule has 0 spiro atoms. The zero-order valence-electron chi connectivity index (χ0n) is 10.9. The van der Waals surface area contributed by atoms with Crippen LogP contribution in [0, 0.1) is 5.92 Å². The smallest absolute Gasteiger partial charge is 0.0117 e. The Morgan fingerprint density at radius 3 is 2.88 bits per heavy atom. The van der Waals surface area contributed by atoms with E-state index >= 15 is 0 Å². The van der Waals surface area contributed by atoms with Gasteiger partial charge in [-0.15, -0.1) is 6.58 Å². The first-order valence-corrected chi connectivity index (χ1v) is 7.46. The van der Waals surface area contributed by atoms with E-state index in [1.807, 2.05) is 17.8 Å². The van der Waals surface area contributed by atoms with Crippen LogP contribution < -0.4 is 5.32 Å². The molecule has 16 heavy (non-hydrogen) atoms. The molecule has 0 saturated carbocycles. The minimum absolute atomic E-state index is 0.701. The van der Waals surface area contributed by atoms with Crippen LogP contribution in [-0.2, 0) is 0 Å². The highest BCUT2D eigenvalue weighted by Gasteiger charge is 2.30. The van der Waals surface area contributed by atoms with Crippen LogP contribution in [-0.4, -0.2) is 48.6 Å². The fraction of sp³-hybridized carbons (Fsp3) is 0.846. The summed E-state index contributed by atoms with van der Waals surface area (Å²) in [4.78, 5) is 2.63. The molecule has 1 aliphatic rings. The number of rotatable bonds is 6. The van der Waals surface area contributed by atoms with Crippen molar-refractivity contribution >= 4 is 11.8 Å². The van der Waals surface area contributed by atoms with Gasteiger partial charge in [0.1, 0.15) is 0 Å². The highest BCUT2D eigenvalue weighted by molar-refractivity contribution is 7.99. The summed E-state index contributed by atoms with van der Waals surface area (Å²) in [5, 5.41) is 3.44. The quantitative estimate of drug-likeness (QED) is 0.568. The molecule has 1 heterocycles. The molecule has 0 bridgehead atoms. The molecule has 0 aromatic heterocycles. The van der Waals surface area contributed by atoms with Crippen LogP contribution in [0.25, 0.3) is 0 Å². The second-order valence-electron chi connectivity index (χ2n) is 4.68. The number of thioether (sulfide) groups is 1. The van der Waals surface area contributed by atoms with Gasteiger partial charge in [-0.25, -0.2) is 0 Å². The normalized spacial score (nSPS) is 31.6. The third kappa shape index (κ3) is 3.79. The largest absolute Gasteiger partial charge is 0.317 e. The molecule has 3 heteroatoms. The first-order valence-electron chi connectivity index (χ1n) is 6.30. The van der Waals surface area contributed by atoms with Gasteiger partial charge < -0.3 is 5.32 Å². The zero-order valence-corrected chi connectivity index (χ0v) is 11.7. The lowest BCUT2D eigenvalue weighted by Gasteiger charge is -2.42. The van der Waals surface area contributed by atoms with Crippen molar-refractivity contribution in [2.75, 3.05) is 31.6 Å². The average molecular weight is 242 g/mol. The van der Waals surface area contributed by atoms with Crippen molar-refractivity contribution in [1.29, 1.82) is 0 Å². The molecule has 1 fully saturated rings. The minimum atomic E-state index is 0.701. The highest BCUT2D eigenvalue weighted by atomic mass is 32.2. The summed E-state index contributed by atoms with van der Waals surface area (Å²) in [6, 6.07) is 1.41. The number of hydrogen-bond donors (Lipinski definition) is 1.